The third-order valence-electron chi connectivity index (χ3n) is 2.86. The van der Waals surface area contributed by atoms with Crippen molar-refractivity contribution in [2.45, 2.75) is 20.8 Å². The van der Waals surface area contributed by atoms with Gasteiger partial charge in [-0.25, -0.2) is 4.98 Å². The minimum Gasteiger partial charge on any atom is -0.351 e. The predicted octanol–water partition coefficient (Wildman–Crippen LogP) is 2.56. The molecule has 6 nitrogen and oxygen atoms in total. The van der Waals surface area contributed by atoms with E-state index in [9.17, 15) is 10.1 Å². The highest BCUT2D eigenvalue weighted by Gasteiger charge is 2.26. The number of nitrogens with two attached hydrogens (primary N) is 1. The second-order valence-corrected chi connectivity index (χ2v) is 6.05. The number of hydrogen-bond donors (Lipinski definition) is 1. The molecule has 0 aliphatic rings. The van der Waals surface area contributed by atoms with Gasteiger partial charge in [-0.3, -0.25) is 10.1 Å². The lowest BCUT2D eigenvalue weighted by atomic mass is 9.93. The highest BCUT2D eigenvalue weighted by molar-refractivity contribution is 9.10. The van der Waals surface area contributed by atoms with Gasteiger partial charge >= 0.3 is 5.69 Å². The zero-order chi connectivity index (χ0) is 14.6. The molecule has 1 aromatic rings. The summed E-state index contributed by atoms with van der Waals surface area (Å²) in [6.45, 7) is 7.77. The molecule has 0 saturated heterocycles. The van der Waals surface area contributed by atoms with Crippen molar-refractivity contribution in [3.8, 4) is 0 Å². The third kappa shape index (κ3) is 4.14. The number of nitrogens with zero attached hydrogens (tertiary/aromatic N) is 3. The molecule has 1 aromatic heterocycles. The Morgan fingerprint density at radius 2 is 2.21 bits per heavy atom. The van der Waals surface area contributed by atoms with Gasteiger partial charge in [0.25, 0.3) is 0 Å². The van der Waals surface area contributed by atoms with Gasteiger partial charge in [-0.15, -0.1) is 0 Å². The molecular weight excluding hydrogens is 312 g/mol. The van der Waals surface area contributed by atoms with Crippen LogP contribution in [0.25, 0.3) is 0 Å². The molecule has 0 aliphatic heterocycles. The molecule has 0 spiro atoms. The number of rotatable bonds is 6. The maximum atomic E-state index is 11.1. The molecule has 0 radical (unpaired) electrons. The summed E-state index contributed by atoms with van der Waals surface area (Å²) in [4.78, 5) is 16.8. The van der Waals surface area contributed by atoms with Gasteiger partial charge in [-0.05, 0) is 34.8 Å². The molecule has 0 bridgehead atoms. The summed E-state index contributed by atoms with van der Waals surface area (Å²) in [6, 6.07) is 1.47. The van der Waals surface area contributed by atoms with E-state index in [1.54, 1.807) is 6.20 Å². The van der Waals surface area contributed by atoms with Gasteiger partial charge in [0.15, 0.2) is 0 Å². The van der Waals surface area contributed by atoms with Crippen LogP contribution in [0.4, 0.5) is 11.5 Å². The van der Waals surface area contributed by atoms with Crippen LogP contribution in [0, 0.1) is 15.5 Å². The first-order valence-electron chi connectivity index (χ1n) is 6.05. The Labute approximate surface area is 121 Å². The number of halogens is 1. The molecule has 106 valence electrons. The van der Waals surface area contributed by atoms with E-state index in [2.05, 4.69) is 20.9 Å². The van der Waals surface area contributed by atoms with Crippen LogP contribution in [0.2, 0.25) is 0 Å². The number of pyridine rings is 1. The van der Waals surface area contributed by atoms with Gasteiger partial charge in [0, 0.05) is 29.8 Å². The van der Waals surface area contributed by atoms with Crippen LogP contribution in [0.5, 0.6) is 0 Å². The Hall–Kier alpha value is -1.21. The Bertz CT molecular complexity index is 465. The fourth-order valence-electron chi connectivity index (χ4n) is 1.72. The van der Waals surface area contributed by atoms with E-state index >= 15 is 0 Å². The molecule has 1 rings (SSSR count). The van der Waals surface area contributed by atoms with Gasteiger partial charge < -0.3 is 10.6 Å². The van der Waals surface area contributed by atoms with Crippen molar-refractivity contribution in [2.75, 3.05) is 24.5 Å². The van der Waals surface area contributed by atoms with Gasteiger partial charge in [0.05, 0.1) is 4.92 Å². The minimum absolute atomic E-state index is 0.00375. The molecule has 1 heterocycles. The molecule has 0 fully saturated rings. The Balaban J connectivity index is 3.15. The number of hydrogen-bond acceptors (Lipinski definition) is 5. The largest absolute Gasteiger partial charge is 0.351 e. The van der Waals surface area contributed by atoms with Crippen molar-refractivity contribution >= 4 is 27.4 Å². The van der Waals surface area contributed by atoms with E-state index in [0.29, 0.717) is 29.9 Å². The Morgan fingerprint density at radius 3 is 2.68 bits per heavy atom. The van der Waals surface area contributed by atoms with Crippen molar-refractivity contribution in [3.63, 3.8) is 0 Å². The highest BCUT2D eigenvalue weighted by atomic mass is 79.9. The lowest BCUT2D eigenvalue weighted by Gasteiger charge is -2.31. The zero-order valence-corrected chi connectivity index (χ0v) is 13.0. The summed E-state index contributed by atoms with van der Waals surface area (Å²) in [5.41, 5.74) is 5.60. The SMILES string of the molecule is CCN(CC(C)(C)CN)c1ncc(Br)cc1[N+](=O)[O-]. The molecule has 2 N–H and O–H groups in total. The van der Waals surface area contributed by atoms with Gasteiger partial charge in [0.1, 0.15) is 0 Å². The molecule has 0 atom stereocenters. The van der Waals surface area contributed by atoms with Crippen LogP contribution in [0.1, 0.15) is 20.8 Å². The molecule has 0 unspecified atom stereocenters. The molecule has 0 saturated carbocycles. The molecule has 0 aromatic carbocycles. The Kier molecular flexibility index (Phi) is 5.25. The van der Waals surface area contributed by atoms with E-state index in [4.69, 9.17) is 5.73 Å². The lowest BCUT2D eigenvalue weighted by molar-refractivity contribution is -0.384. The maximum Gasteiger partial charge on any atom is 0.312 e. The molecule has 0 aliphatic carbocycles. The fraction of sp³-hybridized carbons (Fsp3) is 0.583. The van der Waals surface area contributed by atoms with Crippen molar-refractivity contribution in [2.24, 2.45) is 11.1 Å². The normalized spacial score (nSPS) is 11.4. The first kappa shape index (κ1) is 15.8. The van der Waals surface area contributed by atoms with Crippen molar-refractivity contribution < 1.29 is 4.92 Å². The van der Waals surface area contributed by atoms with Crippen LogP contribution in [0.15, 0.2) is 16.7 Å². The van der Waals surface area contributed by atoms with Crippen LogP contribution in [0.3, 0.4) is 0 Å². The second-order valence-electron chi connectivity index (χ2n) is 5.14. The summed E-state index contributed by atoms with van der Waals surface area (Å²) < 4.78 is 0.595. The highest BCUT2D eigenvalue weighted by Crippen LogP contribution is 2.30. The van der Waals surface area contributed by atoms with Crippen LogP contribution < -0.4 is 10.6 Å². The first-order valence-corrected chi connectivity index (χ1v) is 6.85. The number of anilines is 1. The lowest BCUT2D eigenvalue weighted by Crippen LogP contribution is -2.39. The van der Waals surface area contributed by atoms with E-state index in [-0.39, 0.29) is 11.1 Å². The average molecular weight is 331 g/mol. The summed E-state index contributed by atoms with van der Waals surface area (Å²) in [6.07, 6.45) is 1.57. The smallest absolute Gasteiger partial charge is 0.312 e. The first-order chi connectivity index (χ1) is 8.80. The maximum absolute atomic E-state index is 11.1. The molecule has 19 heavy (non-hydrogen) atoms. The number of aromatic nitrogens is 1. The van der Waals surface area contributed by atoms with Crippen molar-refractivity contribution in [1.29, 1.82) is 0 Å². The fourth-order valence-corrected chi connectivity index (χ4v) is 2.04. The van der Waals surface area contributed by atoms with Gasteiger partial charge in [-0.2, -0.15) is 0 Å². The van der Waals surface area contributed by atoms with Crippen LogP contribution in [-0.4, -0.2) is 29.5 Å². The molecule has 0 amide bonds. The zero-order valence-electron chi connectivity index (χ0n) is 11.4. The van der Waals surface area contributed by atoms with Crippen LogP contribution >= 0.6 is 15.9 Å². The van der Waals surface area contributed by atoms with Crippen molar-refractivity contribution in [1.82, 2.24) is 4.98 Å². The van der Waals surface area contributed by atoms with Crippen LogP contribution in [-0.2, 0) is 0 Å². The minimum atomic E-state index is -0.412. The standard InChI is InChI=1S/C12H19BrN4O2/c1-4-16(8-12(2,3)7-14)11-10(17(18)19)5-9(13)6-15-11/h5-6H,4,7-8,14H2,1-3H3. The quantitative estimate of drug-likeness (QED) is 0.640. The Morgan fingerprint density at radius 1 is 1.58 bits per heavy atom. The van der Waals surface area contributed by atoms with Gasteiger partial charge in [-0.1, -0.05) is 13.8 Å². The molecule has 7 heteroatoms. The predicted molar refractivity (Wildman–Crippen MR) is 79.3 cm³/mol. The third-order valence-corrected chi connectivity index (χ3v) is 3.30. The summed E-state index contributed by atoms with van der Waals surface area (Å²) >= 11 is 3.21. The second kappa shape index (κ2) is 6.29. The summed E-state index contributed by atoms with van der Waals surface area (Å²) in [7, 11) is 0. The summed E-state index contributed by atoms with van der Waals surface area (Å²) in [5, 5.41) is 11.1. The van der Waals surface area contributed by atoms with E-state index < -0.39 is 4.92 Å². The molecular formula is C12H19BrN4O2. The van der Waals surface area contributed by atoms with Gasteiger partial charge in [0.2, 0.25) is 5.82 Å². The average Bonchev–Trinajstić information content (AvgIpc) is 2.36. The number of nitro groups is 1. The van der Waals surface area contributed by atoms with E-state index in [1.807, 2.05) is 25.7 Å². The summed E-state index contributed by atoms with van der Waals surface area (Å²) in [5.74, 6) is 0.386. The monoisotopic (exact) mass is 330 g/mol. The van der Waals surface area contributed by atoms with E-state index in [0.717, 1.165) is 0 Å². The van der Waals surface area contributed by atoms with Crippen molar-refractivity contribution in [3.05, 3.63) is 26.9 Å². The van der Waals surface area contributed by atoms with E-state index in [1.165, 1.54) is 6.07 Å². The topological polar surface area (TPSA) is 85.3 Å².